The molecule has 4 nitrogen and oxygen atoms in total. The fourth-order valence-electron chi connectivity index (χ4n) is 3.47. The van der Waals surface area contributed by atoms with Crippen LogP contribution in [0.25, 0.3) is 0 Å². The molecule has 0 bridgehead atoms. The van der Waals surface area contributed by atoms with E-state index >= 15 is 0 Å². The molecule has 1 amide bonds. The smallest absolute Gasteiger partial charge is 0.220 e. The highest BCUT2D eigenvalue weighted by Crippen LogP contribution is 2.19. The molecule has 2 aromatic carbocycles. The SMILES string of the molecule is Cc1nn(C)c(C)c1CCC(=O)N[C@H](Cc1ccccc1)c1ccccc1. The van der Waals surface area contributed by atoms with Crippen LogP contribution in [0.2, 0.25) is 0 Å². The Morgan fingerprint density at radius 2 is 1.67 bits per heavy atom. The van der Waals surface area contributed by atoms with E-state index in [2.05, 4.69) is 41.6 Å². The van der Waals surface area contributed by atoms with Gasteiger partial charge >= 0.3 is 0 Å². The van der Waals surface area contributed by atoms with Gasteiger partial charge in [0.25, 0.3) is 0 Å². The molecule has 0 saturated carbocycles. The van der Waals surface area contributed by atoms with Gasteiger partial charge in [-0.3, -0.25) is 9.48 Å². The number of carbonyl (C=O) groups is 1. The molecule has 0 aliphatic carbocycles. The highest BCUT2D eigenvalue weighted by Gasteiger charge is 2.17. The Morgan fingerprint density at radius 1 is 1.04 bits per heavy atom. The molecular weight excluding hydrogens is 334 g/mol. The molecule has 0 unspecified atom stereocenters. The molecule has 0 saturated heterocycles. The van der Waals surface area contributed by atoms with E-state index in [1.54, 1.807) is 0 Å². The molecule has 3 aromatic rings. The van der Waals surface area contributed by atoms with Crippen molar-refractivity contribution in [3.8, 4) is 0 Å². The molecule has 0 radical (unpaired) electrons. The van der Waals surface area contributed by atoms with E-state index in [0.29, 0.717) is 12.8 Å². The topological polar surface area (TPSA) is 46.9 Å². The minimum atomic E-state index is -0.0304. The lowest BCUT2D eigenvalue weighted by Crippen LogP contribution is -2.30. The van der Waals surface area contributed by atoms with Gasteiger partial charge in [0.05, 0.1) is 11.7 Å². The quantitative estimate of drug-likeness (QED) is 0.689. The average Bonchev–Trinajstić information content (AvgIpc) is 2.92. The van der Waals surface area contributed by atoms with E-state index in [1.807, 2.05) is 55.1 Å². The van der Waals surface area contributed by atoms with E-state index in [9.17, 15) is 4.79 Å². The summed E-state index contributed by atoms with van der Waals surface area (Å²) >= 11 is 0. The van der Waals surface area contributed by atoms with Gasteiger partial charge in [0.15, 0.2) is 0 Å². The summed E-state index contributed by atoms with van der Waals surface area (Å²) in [6.07, 6.45) is 1.96. The number of carbonyl (C=O) groups excluding carboxylic acids is 1. The van der Waals surface area contributed by atoms with E-state index < -0.39 is 0 Å². The van der Waals surface area contributed by atoms with Crippen LogP contribution in [-0.2, 0) is 24.7 Å². The summed E-state index contributed by atoms with van der Waals surface area (Å²) in [7, 11) is 1.94. The molecule has 0 aliphatic rings. The van der Waals surface area contributed by atoms with Crippen LogP contribution in [0.1, 0.15) is 40.5 Å². The molecule has 140 valence electrons. The van der Waals surface area contributed by atoms with Crippen molar-refractivity contribution in [3.63, 3.8) is 0 Å². The van der Waals surface area contributed by atoms with E-state index in [1.165, 1.54) is 11.1 Å². The summed E-state index contributed by atoms with van der Waals surface area (Å²) in [4.78, 5) is 12.7. The third-order valence-electron chi connectivity index (χ3n) is 5.08. The van der Waals surface area contributed by atoms with Crippen LogP contribution in [0.4, 0.5) is 0 Å². The number of rotatable bonds is 7. The van der Waals surface area contributed by atoms with Crippen molar-refractivity contribution in [2.45, 2.75) is 39.2 Å². The third kappa shape index (κ3) is 4.85. The molecule has 4 heteroatoms. The minimum absolute atomic E-state index is 0.0304. The molecule has 0 aliphatic heterocycles. The Hall–Kier alpha value is -2.88. The van der Waals surface area contributed by atoms with Gasteiger partial charge in [-0.15, -0.1) is 0 Å². The fraction of sp³-hybridized carbons (Fsp3) is 0.304. The second kappa shape index (κ2) is 8.67. The lowest BCUT2D eigenvalue weighted by atomic mass is 9.98. The van der Waals surface area contributed by atoms with Crippen molar-refractivity contribution in [1.82, 2.24) is 15.1 Å². The lowest BCUT2D eigenvalue weighted by molar-refractivity contribution is -0.121. The second-order valence-corrected chi connectivity index (χ2v) is 6.99. The maximum absolute atomic E-state index is 12.7. The number of hydrogen-bond donors (Lipinski definition) is 1. The first-order valence-corrected chi connectivity index (χ1v) is 9.42. The normalized spacial score (nSPS) is 12.0. The summed E-state index contributed by atoms with van der Waals surface area (Å²) < 4.78 is 1.88. The average molecular weight is 361 g/mol. The molecule has 1 aromatic heterocycles. The van der Waals surface area contributed by atoms with Gasteiger partial charge in [-0.1, -0.05) is 60.7 Å². The van der Waals surface area contributed by atoms with Gasteiger partial charge in [0, 0.05) is 19.2 Å². The summed E-state index contributed by atoms with van der Waals surface area (Å²) in [5.74, 6) is 0.0717. The molecule has 3 rings (SSSR count). The zero-order chi connectivity index (χ0) is 19.2. The second-order valence-electron chi connectivity index (χ2n) is 6.99. The minimum Gasteiger partial charge on any atom is -0.349 e. The maximum Gasteiger partial charge on any atom is 0.220 e. The van der Waals surface area contributed by atoms with Crippen molar-refractivity contribution >= 4 is 5.91 Å². The Bertz CT molecular complexity index is 885. The number of amides is 1. The molecular formula is C23H27N3O. The number of nitrogens with one attached hydrogen (secondary N) is 1. The first kappa shape index (κ1) is 18.9. The standard InChI is InChI=1S/C23H27N3O/c1-17-21(18(2)26(3)25-17)14-15-23(27)24-22(20-12-8-5-9-13-20)16-19-10-6-4-7-11-19/h4-13,22H,14-16H2,1-3H3,(H,24,27)/t22-/m1/s1. The van der Waals surface area contributed by atoms with Crippen molar-refractivity contribution < 1.29 is 4.79 Å². The predicted molar refractivity (Wildman–Crippen MR) is 108 cm³/mol. The first-order chi connectivity index (χ1) is 13.0. The molecule has 27 heavy (non-hydrogen) atoms. The van der Waals surface area contributed by atoms with Crippen molar-refractivity contribution in [2.75, 3.05) is 0 Å². The van der Waals surface area contributed by atoms with Crippen LogP contribution in [0, 0.1) is 13.8 Å². The van der Waals surface area contributed by atoms with E-state index in [4.69, 9.17) is 0 Å². The van der Waals surface area contributed by atoms with E-state index in [-0.39, 0.29) is 11.9 Å². The third-order valence-corrected chi connectivity index (χ3v) is 5.08. The van der Waals surface area contributed by atoms with Gasteiger partial charge < -0.3 is 5.32 Å². The van der Waals surface area contributed by atoms with Crippen LogP contribution < -0.4 is 5.32 Å². The van der Waals surface area contributed by atoms with Crippen LogP contribution in [-0.4, -0.2) is 15.7 Å². The molecule has 1 N–H and O–H groups in total. The van der Waals surface area contributed by atoms with E-state index in [0.717, 1.165) is 23.4 Å². The Balaban J connectivity index is 1.69. The number of hydrogen-bond acceptors (Lipinski definition) is 2. The van der Waals surface area contributed by atoms with Gasteiger partial charge in [-0.2, -0.15) is 5.10 Å². The Morgan fingerprint density at radius 3 is 2.26 bits per heavy atom. The van der Waals surface area contributed by atoms with Gasteiger partial charge in [0.1, 0.15) is 0 Å². The van der Waals surface area contributed by atoms with Crippen LogP contribution in [0.5, 0.6) is 0 Å². The monoisotopic (exact) mass is 361 g/mol. The highest BCUT2D eigenvalue weighted by atomic mass is 16.1. The van der Waals surface area contributed by atoms with Crippen molar-refractivity contribution in [1.29, 1.82) is 0 Å². The predicted octanol–water partition coefficient (Wildman–Crippen LogP) is 4.07. The van der Waals surface area contributed by atoms with Crippen molar-refractivity contribution in [3.05, 3.63) is 88.7 Å². The molecule has 1 atom stereocenters. The lowest BCUT2D eigenvalue weighted by Gasteiger charge is -2.19. The Labute approximate surface area is 161 Å². The first-order valence-electron chi connectivity index (χ1n) is 9.42. The van der Waals surface area contributed by atoms with Gasteiger partial charge in [-0.25, -0.2) is 0 Å². The summed E-state index contributed by atoms with van der Waals surface area (Å²) in [5, 5.41) is 7.67. The fourth-order valence-corrected chi connectivity index (χ4v) is 3.47. The summed E-state index contributed by atoms with van der Waals surface area (Å²) in [6.45, 7) is 4.05. The molecule has 1 heterocycles. The number of aromatic nitrogens is 2. The van der Waals surface area contributed by atoms with Crippen LogP contribution in [0.3, 0.4) is 0 Å². The van der Waals surface area contributed by atoms with Crippen LogP contribution in [0.15, 0.2) is 60.7 Å². The molecule has 0 fully saturated rings. The maximum atomic E-state index is 12.7. The van der Waals surface area contributed by atoms with Gasteiger partial charge in [-0.05, 0) is 43.4 Å². The number of benzene rings is 2. The van der Waals surface area contributed by atoms with Crippen molar-refractivity contribution in [2.24, 2.45) is 7.05 Å². The zero-order valence-electron chi connectivity index (χ0n) is 16.3. The summed E-state index contributed by atoms with van der Waals surface area (Å²) in [5.41, 5.74) is 5.65. The highest BCUT2D eigenvalue weighted by molar-refractivity contribution is 5.76. The van der Waals surface area contributed by atoms with Gasteiger partial charge in [0.2, 0.25) is 5.91 Å². The molecule has 0 spiro atoms. The zero-order valence-corrected chi connectivity index (χ0v) is 16.3. The van der Waals surface area contributed by atoms with Crippen LogP contribution >= 0.6 is 0 Å². The number of nitrogens with zero attached hydrogens (tertiary/aromatic N) is 2. The number of aryl methyl sites for hydroxylation is 2. The summed E-state index contributed by atoms with van der Waals surface area (Å²) in [6, 6.07) is 20.4. The Kier molecular flexibility index (Phi) is 6.07. The largest absolute Gasteiger partial charge is 0.349 e.